The molecule has 10 nitrogen and oxygen atoms in total. The number of benzene rings is 2. The van der Waals surface area contributed by atoms with Gasteiger partial charge in [0.15, 0.2) is 5.82 Å². The van der Waals surface area contributed by atoms with E-state index >= 15 is 0 Å². The highest BCUT2D eigenvalue weighted by molar-refractivity contribution is 6.35. The fraction of sp³-hybridized carbons (Fsp3) is 0.0909. The molecule has 2 heterocycles. The van der Waals surface area contributed by atoms with Gasteiger partial charge in [0.05, 0.1) is 39.3 Å². The highest BCUT2D eigenvalue weighted by atomic mass is 35.5. The van der Waals surface area contributed by atoms with Gasteiger partial charge in [-0.15, -0.1) is 0 Å². The summed E-state index contributed by atoms with van der Waals surface area (Å²) in [6.45, 7) is 1.67. The smallest absolute Gasteiger partial charge is 0.267 e. The first-order chi connectivity index (χ1) is 16.2. The first kappa shape index (κ1) is 22.5. The Morgan fingerprint density at radius 1 is 1.15 bits per heavy atom. The molecule has 2 aromatic heterocycles. The first-order valence-corrected chi connectivity index (χ1v) is 10.1. The lowest BCUT2D eigenvalue weighted by Crippen LogP contribution is -2.28. The average molecular weight is 476 g/mol. The largest absolute Gasteiger partial charge is 0.382 e. The summed E-state index contributed by atoms with van der Waals surface area (Å²) in [6.07, 6.45) is 0. The maximum absolute atomic E-state index is 14.2. The Morgan fingerprint density at radius 3 is 2.62 bits per heavy atom. The Labute approximate surface area is 196 Å². The third-order valence-corrected chi connectivity index (χ3v) is 5.36. The van der Waals surface area contributed by atoms with Crippen LogP contribution in [0.5, 0.6) is 0 Å². The predicted octanol–water partition coefficient (Wildman–Crippen LogP) is 3.05. The van der Waals surface area contributed by atoms with Crippen LogP contribution in [-0.2, 0) is 0 Å². The molecule has 12 heteroatoms. The summed E-state index contributed by atoms with van der Waals surface area (Å²) in [6, 6.07) is 11.9. The topological polar surface area (TPSA) is 172 Å². The van der Waals surface area contributed by atoms with Crippen molar-refractivity contribution in [3.63, 3.8) is 0 Å². The van der Waals surface area contributed by atoms with Crippen molar-refractivity contribution in [3.8, 4) is 17.8 Å². The monoisotopic (exact) mass is 475 g/mol. The van der Waals surface area contributed by atoms with Crippen LogP contribution in [0.4, 0.5) is 22.0 Å². The lowest BCUT2D eigenvalue weighted by Gasteiger charge is -2.21. The van der Waals surface area contributed by atoms with Gasteiger partial charge in [-0.2, -0.15) is 20.5 Å². The standard InChI is InChI=1S/C22H15ClFN9O/c1-10(29-19-13(9-26)18(27)31-22(28)32-19)20-30-15-6-5-14(24)17(23)16(15)21(34)33(20)12-4-2-3-11(7-12)8-25/h2-7,10H,1H3,(H5,27,28,29,31,32)/t10-/m0/s1. The second-order valence-electron chi connectivity index (χ2n) is 7.20. The summed E-state index contributed by atoms with van der Waals surface area (Å²) < 4.78 is 15.4. The van der Waals surface area contributed by atoms with Gasteiger partial charge in [-0.3, -0.25) is 9.36 Å². The number of hydrogen-bond donors (Lipinski definition) is 3. The third kappa shape index (κ3) is 3.81. The number of aromatic nitrogens is 4. The quantitative estimate of drug-likeness (QED) is 0.400. The molecule has 4 rings (SSSR count). The number of nitrogens with zero attached hydrogens (tertiary/aromatic N) is 6. The Morgan fingerprint density at radius 2 is 1.91 bits per heavy atom. The zero-order valence-corrected chi connectivity index (χ0v) is 18.3. The summed E-state index contributed by atoms with van der Waals surface area (Å²) in [5.41, 5.74) is 11.6. The van der Waals surface area contributed by atoms with E-state index in [1.165, 1.54) is 16.7 Å². The van der Waals surface area contributed by atoms with E-state index in [4.69, 9.17) is 23.1 Å². The predicted molar refractivity (Wildman–Crippen MR) is 125 cm³/mol. The van der Waals surface area contributed by atoms with Crippen LogP contribution in [0.1, 0.15) is 29.9 Å². The van der Waals surface area contributed by atoms with Crippen molar-refractivity contribution in [3.05, 3.63) is 74.5 Å². The van der Waals surface area contributed by atoms with E-state index in [1.54, 1.807) is 25.1 Å². The molecule has 0 aliphatic carbocycles. The van der Waals surface area contributed by atoms with E-state index in [0.717, 1.165) is 6.07 Å². The summed E-state index contributed by atoms with van der Waals surface area (Å²) in [5.74, 6) is -0.815. The number of nitrogen functional groups attached to an aromatic ring is 2. The molecule has 168 valence electrons. The fourth-order valence-electron chi connectivity index (χ4n) is 3.46. The van der Waals surface area contributed by atoms with Gasteiger partial charge in [-0.05, 0) is 37.3 Å². The van der Waals surface area contributed by atoms with Gasteiger partial charge < -0.3 is 16.8 Å². The Bertz CT molecular complexity index is 1600. The van der Waals surface area contributed by atoms with Crippen LogP contribution >= 0.6 is 11.6 Å². The van der Waals surface area contributed by atoms with E-state index in [2.05, 4.69) is 20.3 Å². The van der Waals surface area contributed by atoms with Crippen LogP contribution in [-0.4, -0.2) is 19.5 Å². The average Bonchev–Trinajstić information content (AvgIpc) is 2.81. The zero-order chi connectivity index (χ0) is 24.6. The maximum atomic E-state index is 14.2. The normalized spacial score (nSPS) is 11.6. The molecule has 0 spiro atoms. The molecule has 0 fully saturated rings. The van der Waals surface area contributed by atoms with Crippen LogP contribution in [0.2, 0.25) is 5.02 Å². The lowest BCUT2D eigenvalue weighted by atomic mass is 10.1. The van der Waals surface area contributed by atoms with Crippen LogP contribution in [0.3, 0.4) is 0 Å². The maximum Gasteiger partial charge on any atom is 0.267 e. The summed E-state index contributed by atoms with van der Waals surface area (Å²) in [4.78, 5) is 25.9. The number of nitrogens with one attached hydrogen (secondary N) is 1. The molecule has 2 aromatic carbocycles. The highest BCUT2D eigenvalue weighted by Gasteiger charge is 2.23. The number of nitriles is 2. The molecular formula is C22H15ClFN9O. The van der Waals surface area contributed by atoms with Crippen molar-refractivity contribution >= 4 is 40.1 Å². The molecule has 4 aromatic rings. The summed E-state index contributed by atoms with van der Waals surface area (Å²) >= 11 is 6.11. The molecule has 0 aliphatic heterocycles. The van der Waals surface area contributed by atoms with Gasteiger partial charge in [-0.25, -0.2) is 9.37 Å². The Kier molecular flexibility index (Phi) is 5.72. The fourth-order valence-corrected chi connectivity index (χ4v) is 3.70. The zero-order valence-electron chi connectivity index (χ0n) is 17.5. The van der Waals surface area contributed by atoms with Crippen molar-refractivity contribution in [2.24, 2.45) is 0 Å². The van der Waals surface area contributed by atoms with Gasteiger partial charge in [0, 0.05) is 0 Å². The molecule has 0 bridgehead atoms. The number of fused-ring (bicyclic) bond motifs is 1. The van der Waals surface area contributed by atoms with Crippen LogP contribution in [0, 0.1) is 28.5 Å². The minimum absolute atomic E-state index is 0.0349. The molecule has 0 unspecified atom stereocenters. The molecule has 5 N–H and O–H groups in total. The minimum atomic E-state index is -0.769. The molecule has 0 radical (unpaired) electrons. The Balaban J connectivity index is 1.99. The molecule has 1 atom stereocenters. The number of rotatable bonds is 4. The number of hydrogen-bond acceptors (Lipinski definition) is 9. The van der Waals surface area contributed by atoms with Crippen LogP contribution < -0.4 is 22.3 Å². The van der Waals surface area contributed by atoms with Gasteiger partial charge in [0.25, 0.3) is 5.56 Å². The second-order valence-corrected chi connectivity index (χ2v) is 7.57. The van der Waals surface area contributed by atoms with Crippen LogP contribution in [0.15, 0.2) is 41.2 Å². The van der Waals surface area contributed by atoms with Crippen LogP contribution in [0.25, 0.3) is 16.6 Å². The minimum Gasteiger partial charge on any atom is -0.382 e. The molecular weight excluding hydrogens is 461 g/mol. The van der Waals surface area contributed by atoms with E-state index in [9.17, 15) is 19.7 Å². The van der Waals surface area contributed by atoms with Gasteiger partial charge in [0.1, 0.15) is 29.1 Å². The summed E-state index contributed by atoms with van der Waals surface area (Å²) in [5, 5.41) is 21.3. The van der Waals surface area contributed by atoms with Gasteiger partial charge in [-0.1, -0.05) is 17.7 Å². The van der Waals surface area contributed by atoms with Crippen molar-refractivity contribution < 1.29 is 4.39 Å². The molecule has 0 amide bonds. The van der Waals surface area contributed by atoms with E-state index in [0.29, 0.717) is 11.3 Å². The summed E-state index contributed by atoms with van der Waals surface area (Å²) in [7, 11) is 0. The lowest BCUT2D eigenvalue weighted by molar-refractivity contribution is 0.629. The van der Waals surface area contributed by atoms with Crippen molar-refractivity contribution in [1.82, 2.24) is 19.5 Å². The molecule has 34 heavy (non-hydrogen) atoms. The van der Waals surface area contributed by atoms with Crippen molar-refractivity contribution in [1.29, 1.82) is 10.5 Å². The van der Waals surface area contributed by atoms with E-state index < -0.39 is 17.4 Å². The molecule has 0 saturated carbocycles. The van der Waals surface area contributed by atoms with Gasteiger partial charge >= 0.3 is 0 Å². The van der Waals surface area contributed by atoms with Crippen molar-refractivity contribution in [2.45, 2.75) is 13.0 Å². The number of nitrogens with two attached hydrogens (primary N) is 2. The van der Waals surface area contributed by atoms with Gasteiger partial charge in [0.2, 0.25) is 5.95 Å². The van der Waals surface area contributed by atoms with E-state index in [1.807, 2.05) is 12.1 Å². The number of anilines is 3. The highest BCUT2D eigenvalue weighted by Crippen LogP contribution is 2.28. The number of halogens is 2. The third-order valence-electron chi connectivity index (χ3n) is 4.99. The Hall–Kier alpha value is -4.74. The SMILES string of the molecule is C[C@H](Nc1nc(N)nc(N)c1C#N)c1nc2ccc(F)c(Cl)c2c(=O)n1-c1cccc(C#N)c1. The molecule has 0 aliphatic rings. The van der Waals surface area contributed by atoms with Crippen molar-refractivity contribution in [2.75, 3.05) is 16.8 Å². The second kappa shape index (κ2) is 8.65. The first-order valence-electron chi connectivity index (χ1n) is 9.76. The van der Waals surface area contributed by atoms with E-state index in [-0.39, 0.29) is 44.9 Å². The molecule has 0 saturated heterocycles.